The Kier molecular flexibility index (Phi) is 2.75. The summed E-state index contributed by atoms with van der Waals surface area (Å²) in [7, 11) is 0. The molecule has 0 amide bonds. The topological polar surface area (TPSA) is 0 Å². The predicted octanol–water partition coefficient (Wildman–Crippen LogP) is 5.92. The maximum atomic E-state index is 2.42. The number of hydrogen-bond acceptors (Lipinski definition) is 1. The summed E-state index contributed by atoms with van der Waals surface area (Å²) in [5, 5.41) is 5.58. The van der Waals surface area contributed by atoms with E-state index in [4.69, 9.17) is 0 Å². The summed E-state index contributed by atoms with van der Waals surface area (Å²) >= 11 is 2.35. The predicted molar refractivity (Wildman–Crippen MR) is 100 cm³/mol. The summed E-state index contributed by atoms with van der Waals surface area (Å²) in [5.74, 6) is 0. The Bertz CT molecular complexity index is 1030. The molecule has 2 aromatic carbocycles. The van der Waals surface area contributed by atoms with E-state index in [0.29, 0.717) is 14.5 Å². The Labute approximate surface area is 139 Å². The van der Waals surface area contributed by atoms with Crippen LogP contribution in [0.25, 0.3) is 36.1 Å². The molecule has 106 valence electrons. The molecule has 0 saturated carbocycles. The Balaban J connectivity index is 1.77. The molecule has 0 nitrogen and oxygen atoms in total. The van der Waals surface area contributed by atoms with E-state index in [1.165, 1.54) is 41.0 Å². The number of allylic oxidation sites excluding steroid dienone is 4. The number of thiophene rings is 1. The third kappa shape index (κ3) is 1.95. The molecule has 0 saturated heterocycles. The van der Waals surface area contributed by atoms with Crippen molar-refractivity contribution in [2.45, 2.75) is 13.3 Å². The minimum absolute atomic E-state index is 0.459. The van der Waals surface area contributed by atoms with Gasteiger partial charge in [0.1, 0.15) is 0 Å². The van der Waals surface area contributed by atoms with E-state index < -0.39 is 0 Å². The first-order chi connectivity index (χ1) is 10.8. The van der Waals surface area contributed by atoms with Gasteiger partial charge in [0.05, 0.1) is 0 Å². The minimum atomic E-state index is 0.459. The molecule has 1 aliphatic carbocycles. The number of hydrogen-bond donors (Lipinski definition) is 0. The molecular formula is C20H14SSe. The normalized spacial score (nSPS) is 14.5. The molecule has 4 aromatic rings. The van der Waals surface area contributed by atoms with Crippen molar-refractivity contribution in [2.24, 2.45) is 0 Å². The van der Waals surface area contributed by atoms with Gasteiger partial charge in [0, 0.05) is 0 Å². The standard InChI is InChI=1S/C20H14SSe/c1-12-6-16-7-15-10-20-17(8-14(15)9-18(16)21-12)11-19(22-20)13-4-2-3-5-13/h2-4,6-11H,5H2,1H3. The van der Waals surface area contributed by atoms with Crippen molar-refractivity contribution in [1.82, 2.24) is 0 Å². The van der Waals surface area contributed by atoms with Crippen LogP contribution < -0.4 is 0 Å². The van der Waals surface area contributed by atoms with Gasteiger partial charge in [0.15, 0.2) is 0 Å². The van der Waals surface area contributed by atoms with Gasteiger partial charge in [0.25, 0.3) is 0 Å². The molecule has 0 radical (unpaired) electrons. The Morgan fingerprint density at radius 2 is 1.77 bits per heavy atom. The van der Waals surface area contributed by atoms with Gasteiger partial charge < -0.3 is 0 Å². The fourth-order valence-electron chi connectivity index (χ4n) is 3.24. The molecular weight excluding hydrogens is 351 g/mol. The Morgan fingerprint density at radius 3 is 2.64 bits per heavy atom. The molecule has 0 fully saturated rings. The van der Waals surface area contributed by atoms with Gasteiger partial charge in [-0.3, -0.25) is 0 Å². The summed E-state index contributed by atoms with van der Waals surface area (Å²) in [4.78, 5) is 1.39. The second-order valence-corrected chi connectivity index (χ2v) is 9.48. The van der Waals surface area contributed by atoms with Crippen molar-refractivity contribution in [1.29, 1.82) is 0 Å². The molecule has 22 heavy (non-hydrogen) atoms. The van der Waals surface area contributed by atoms with Crippen LogP contribution in [0.15, 0.2) is 54.6 Å². The first kappa shape index (κ1) is 12.9. The average Bonchev–Trinajstić information content (AvgIpc) is 3.20. The van der Waals surface area contributed by atoms with Gasteiger partial charge in [-0.05, 0) is 0 Å². The number of benzene rings is 2. The Morgan fingerprint density at radius 1 is 0.909 bits per heavy atom. The van der Waals surface area contributed by atoms with Crippen LogP contribution >= 0.6 is 11.3 Å². The van der Waals surface area contributed by atoms with Crippen molar-refractivity contribution in [3.8, 4) is 0 Å². The first-order valence-corrected chi connectivity index (χ1v) is 10.0. The molecule has 2 aromatic heterocycles. The molecule has 2 heterocycles. The van der Waals surface area contributed by atoms with Crippen LogP contribution in [-0.2, 0) is 0 Å². The first-order valence-electron chi connectivity index (χ1n) is 7.50. The second-order valence-electron chi connectivity index (χ2n) is 5.92. The summed E-state index contributed by atoms with van der Waals surface area (Å²) in [6.45, 7) is 2.19. The van der Waals surface area contributed by atoms with Crippen LogP contribution in [0.4, 0.5) is 0 Å². The van der Waals surface area contributed by atoms with Gasteiger partial charge in [0.2, 0.25) is 0 Å². The van der Waals surface area contributed by atoms with E-state index in [9.17, 15) is 0 Å². The van der Waals surface area contributed by atoms with Crippen LogP contribution in [-0.4, -0.2) is 14.5 Å². The quantitative estimate of drug-likeness (QED) is 0.368. The van der Waals surface area contributed by atoms with Crippen molar-refractivity contribution in [3.63, 3.8) is 0 Å². The van der Waals surface area contributed by atoms with Crippen molar-refractivity contribution < 1.29 is 0 Å². The van der Waals surface area contributed by atoms with Gasteiger partial charge in [-0.25, -0.2) is 0 Å². The fraction of sp³-hybridized carbons (Fsp3) is 0.100. The fourth-order valence-corrected chi connectivity index (χ4v) is 6.56. The third-order valence-electron chi connectivity index (χ3n) is 4.32. The molecule has 5 rings (SSSR count). The van der Waals surface area contributed by atoms with Crippen molar-refractivity contribution in [2.75, 3.05) is 0 Å². The van der Waals surface area contributed by atoms with E-state index in [1.807, 2.05) is 11.3 Å². The molecule has 1 aliphatic rings. The van der Waals surface area contributed by atoms with Crippen molar-refractivity contribution in [3.05, 3.63) is 63.9 Å². The zero-order valence-corrected chi connectivity index (χ0v) is 14.7. The third-order valence-corrected chi connectivity index (χ3v) is 7.80. The van der Waals surface area contributed by atoms with E-state index in [1.54, 1.807) is 4.44 Å². The van der Waals surface area contributed by atoms with Gasteiger partial charge in [-0.15, -0.1) is 0 Å². The molecule has 0 atom stereocenters. The number of fused-ring (bicyclic) bond motifs is 3. The van der Waals surface area contributed by atoms with E-state index in [0.717, 1.165) is 6.42 Å². The van der Waals surface area contributed by atoms with E-state index in [-0.39, 0.29) is 0 Å². The summed E-state index contributed by atoms with van der Waals surface area (Å²) in [5.41, 5.74) is 1.51. The zero-order chi connectivity index (χ0) is 14.7. The van der Waals surface area contributed by atoms with Crippen LogP contribution in [0.5, 0.6) is 0 Å². The van der Waals surface area contributed by atoms with Crippen LogP contribution in [0.1, 0.15) is 15.7 Å². The van der Waals surface area contributed by atoms with Gasteiger partial charge >= 0.3 is 139 Å². The molecule has 2 heteroatoms. The average molecular weight is 365 g/mol. The van der Waals surface area contributed by atoms with Gasteiger partial charge in [-0.2, -0.15) is 0 Å². The molecule has 0 unspecified atom stereocenters. The van der Waals surface area contributed by atoms with Crippen LogP contribution in [0, 0.1) is 6.92 Å². The summed E-state index contributed by atoms with van der Waals surface area (Å²) in [6, 6.07) is 14.2. The molecule has 0 bridgehead atoms. The van der Waals surface area contributed by atoms with Crippen molar-refractivity contribution >= 4 is 61.9 Å². The summed E-state index contributed by atoms with van der Waals surface area (Å²) < 4.78 is 4.50. The number of aryl methyl sites for hydroxylation is 1. The van der Waals surface area contributed by atoms with Gasteiger partial charge in [-0.1, -0.05) is 0 Å². The molecule has 0 N–H and O–H groups in total. The van der Waals surface area contributed by atoms with E-state index >= 15 is 0 Å². The second kappa shape index (κ2) is 4.70. The van der Waals surface area contributed by atoms with E-state index in [2.05, 4.69) is 61.5 Å². The SMILES string of the molecule is Cc1cc2cc3cc4[se]c(C5=CC=CC5)cc4cc3cc2s1. The Hall–Kier alpha value is -1.60. The van der Waals surface area contributed by atoms with Crippen LogP contribution in [0.3, 0.4) is 0 Å². The number of rotatable bonds is 1. The van der Waals surface area contributed by atoms with Crippen LogP contribution in [0.2, 0.25) is 0 Å². The summed E-state index contributed by atoms with van der Waals surface area (Å²) in [6.07, 6.45) is 7.82. The zero-order valence-electron chi connectivity index (χ0n) is 12.2. The molecule has 0 aliphatic heterocycles. The maximum absolute atomic E-state index is 2.42. The molecule has 0 spiro atoms. The monoisotopic (exact) mass is 366 g/mol.